The van der Waals surface area contributed by atoms with Crippen molar-refractivity contribution < 1.29 is 13.3 Å². The summed E-state index contributed by atoms with van der Waals surface area (Å²) in [6.45, 7) is 9.45. The van der Waals surface area contributed by atoms with Crippen LogP contribution in [0.2, 0.25) is 0 Å². The van der Waals surface area contributed by atoms with E-state index in [1.165, 1.54) is 5.56 Å². The number of hydrogen-bond acceptors (Lipinski definition) is 5. The summed E-state index contributed by atoms with van der Waals surface area (Å²) in [5, 5.41) is 3.32. The average molecular weight is 375 g/mol. The molecule has 2 rings (SSSR count). The molecule has 0 saturated carbocycles. The molecular weight excluding hydrogens is 344 g/mol. The third kappa shape index (κ3) is 7.79. The predicted octanol–water partition coefficient (Wildman–Crippen LogP) is 2.30. The normalized spacial score (nSPS) is 14.7. The third-order valence-corrected chi connectivity index (χ3v) is 5.19. The third-order valence-electron chi connectivity index (χ3n) is 4.04. The number of hydrogen-bond donors (Lipinski definition) is 1. The fraction of sp³-hybridized carbons (Fsp3) is 0.529. The van der Waals surface area contributed by atoms with Crippen molar-refractivity contribution >= 4 is 21.9 Å². The highest BCUT2D eigenvalue weighted by Gasteiger charge is 2.26. The van der Waals surface area contributed by atoms with Crippen molar-refractivity contribution in [3.8, 4) is 0 Å². The molecule has 1 unspecified atom stereocenters. The molecule has 24 heavy (non-hydrogen) atoms. The van der Waals surface area contributed by atoms with Crippen LogP contribution < -0.4 is 5.32 Å². The Bertz CT molecular complexity index is 426. The summed E-state index contributed by atoms with van der Waals surface area (Å²) in [5.74, 6) is 0.765. The van der Waals surface area contributed by atoms with E-state index in [9.17, 15) is 0 Å². The van der Waals surface area contributed by atoms with E-state index in [0.29, 0.717) is 6.04 Å². The van der Waals surface area contributed by atoms with Crippen molar-refractivity contribution in [2.45, 2.75) is 19.5 Å². The van der Waals surface area contributed by atoms with Gasteiger partial charge in [-0.25, -0.2) is 0 Å². The summed E-state index contributed by atoms with van der Waals surface area (Å²) in [6.07, 6.45) is 1.97. The molecule has 0 spiro atoms. The quantitative estimate of drug-likeness (QED) is 0.707. The second kappa shape index (κ2) is 13.4. The van der Waals surface area contributed by atoms with Crippen LogP contribution in [0.3, 0.4) is 0 Å². The zero-order chi connectivity index (χ0) is 17.1. The summed E-state index contributed by atoms with van der Waals surface area (Å²) in [7, 11) is 3.05. The van der Waals surface area contributed by atoms with Crippen molar-refractivity contribution in [3.05, 3.63) is 48.7 Å². The molecule has 1 aromatic rings. The molecule has 1 aromatic carbocycles. The van der Waals surface area contributed by atoms with Gasteiger partial charge in [-0.1, -0.05) is 36.9 Å². The lowest BCUT2D eigenvalue weighted by Crippen LogP contribution is -2.52. The second-order valence-electron chi connectivity index (χ2n) is 5.50. The average Bonchev–Trinajstić information content (AvgIpc) is 2.54. The molecule has 1 N–H and O–H groups in total. The van der Waals surface area contributed by atoms with Gasteiger partial charge in [-0.05, 0) is 18.7 Å². The zero-order valence-corrected chi connectivity index (χ0v) is 17.1. The summed E-state index contributed by atoms with van der Waals surface area (Å²) in [4.78, 5) is 2.33. The van der Waals surface area contributed by atoms with Crippen LogP contribution in [0.15, 0.2) is 43.1 Å². The summed E-state index contributed by atoms with van der Waals surface area (Å²) < 4.78 is 14.2. The molecule has 1 atom stereocenters. The van der Waals surface area contributed by atoms with Crippen molar-refractivity contribution in [2.75, 3.05) is 34.4 Å². The van der Waals surface area contributed by atoms with Gasteiger partial charge in [0.15, 0.2) is 0 Å². The topological polar surface area (TPSA) is 43.0 Å². The standard InChI is InChI=1S/C14H20N2.C3H10O3Si.ClH/c1-3-16(12(2)14-9-15-10-14)11-13-7-5-4-6-8-13;1-4-7(5-2)6-3;/h3-8,12,14-15H,1,9-11H2,2H3;7H,1-3H3;1H. The molecule has 1 fully saturated rings. The number of nitrogens with zero attached hydrogens (tertiary/aromatic N) is 1. The van der Waals surface area contributed by atoms with Crippen LogP contribution in [0.4, 0.5) is 0 Å². The number of nitrogens with one attached hydrogen (secondary N) is 1. The molecule has 5 nitrogen and oxygen atoms in total. The Morgan fingerprint density at radius 3 is 2.08 bits per heavy atom. The van der Waals surface area contributed by atoms with Crippen LogP contribution in [0.5, 0.6) is 0 Å². The lowest BCUT2D eigenvalue weighted by molar-refractivity contribution is 0.163. The highest BCUT2D eigenvalue weighted by Crippen LogP contribution is 2.18. The molecule has 0 aromatic heterocycles. The first kappa shape index (κ1) is 23.1. The fourth-order valence-electron chi connectivity index (χ4n) is 2.38. The second-order valence-corrected chi connectivity index (χ2v) is 7.49. The molecule has 0 bridgehead atoms. The maximum Gasteiger partial charge on any atom is 0.483 e. The van der Waals surface area contributed by atoms with Gasteiger partial charge in [0.2, 0.25) is 0 Å². The minimum Gasteiger partial charge on any atom is -0.379 e. The Kier molecular flexibility index (Phi) is 12.9. The molecule has 1 saturated heterocycles. The highest BCUT2D eigenvalue weighted by molar-refractivity contribution is 6.36. The van der Waals surface area contributed by atoms with Crippen LogP contribution in [0, 0.1) is 5.92 Å². The van der Waals surface area contributed by atoms with Crippen LogP contribution in [0.25, 0.3) is 0 Å². The minimum absolute atomic E-state index is 0. The van der Waals surface area contributed by atoms with E-state index < -0.39 is 9.53 Å². The summed E-state index contributed by atoms with van der Waals surface area (Å²) >= 11 is 0. The van der Waals surface area contributed by atoms with Gasteiger partial charge < -0.3 is 23.5 Å². The smallest absolute Gasteiger partial charge is 0.379 e. The SMILES string of the molecule is C=CN(Cc1ccccc1)C(C)C1CNC1.CO[SiH](OC)OC.Cl. The van der Waals surface area contributed by atoms with E-state index in [2.05, 4.69) is 54.1 Å². The van der Waals surface area contributed by atoms with Gasteiger partial charge in [0.05, 0.1) is 0 Å². The van der Waals surface area contributed by atoms with E-state index in [0.717, 1.165) is 25.6 Å². The molecule has 7 heteroatoms. The van der Waals surface area contributed by atoms with Gasteiger partial charge in [-0.15, -0.1) is 12.4 Å². The van der Waals surface area contributed by atoms with Crippen LogP contribution >= 0.6 is 12.4 Å². The maximum absolute atomic E-state index is 4.74. The monoisotopic (exact) mass is 374 g/mol. The van der Waals surface area contributed by atoms with Gasteiger partial charge >= 0.3 is 9.53 Å². The lowest BCUT2D eigenvalue weighted by Gasteiger charge is -2.39. The van der Waals surface area contributed by atoms with E-state index >= 15 is 0 Å². The van der Waals surface area contributed by atoms with E-state index in [1.54, 1.807) is 21.3 Å². The van der Waals surface area contributed by atoms with Crippen molar-refractivity contribution in [1.82, 2.24) is 10.2 Å². The molecule has 1 heterocycles. The first-order valence-electron chi connectivity index (χ1n) is 7.87. The van der Waals surface area contributed by atoms with Gasteiger partial charge in [0, 0.05) is 52.9 Å². The van der Waals surface area contributed by atoms with E-state index in [-0.39, 0.29) is 12.4 Å². The van der Waals surface area contributed by atoms with Crippen LogP contribution in [-0.4, -0.2) is 54.9 Å². The first-order valence-corrected chi connectivity index (χ1v) is 9.29. The van der Waals surface area contributed by atoms with Crippen molar-refractivity contribution in [2.24, 2.45) is 5.92 Å². The van der Waals surface area contributed by atoms with Crippen LogP contribution in [0.1, 0.15) is 12.5 Å². The summed E-state index contributed by atoms with van der Waals surface area (Å²) in [6, 6.07) is 11.1. The summed E-state index contributed by atoms with van der Waals surface area (Å²) in [5.41, 5.74) is 1.35. The maximum atomic E-state index is 4.74. The van der Waals surface area contributed by atoms with Gasteiger partial charge in [0.1, 0.15) is 0 Å². The van der Waals surface area contributed by atoms with Gasteiger partial charge in [-0.2, -0.15) is 0 Å². The Hall–Kier alpha value is -0.893. The first-order chi connectivity index (χ1) is 11.2. The molecule has 1 aliphatic heterocycles. The van der Waals surface area contributed by atoms with Crippen molar-refractivity contribution in [3.63, 3.8) is 0 Å². The zero-order valence-electron chi connectivity index (χ0n) is 15.1. The molecule has 138 valence electrons. The van der Waals surface area contributed by atoms with Gasteiger partial charge in [-0.3, -0.25) is 0 Å². The number of halogens is 1. The predicted molar refractivity (Wildman–Crippen MR) is 103 cm³/mol. The Morgan fingerprint density at radius 1 is 1.21 bits per heavy atom. The van der Waals surface area contributed by atoms with E-state index in [4.69, 9.17) is 13.3 Å². The van der Waals surface area contributed by atoms with Crippen LogP contribution in [-0.2, 0) is 19.8 Å². The highest BCUT2D eigenvalue weighted by atomic mass is 35.5. The van der Waals surface area contributed by atoms with Gasteiger partial charge in [0.25, 0.3) is 0 Å². The number of benzene rings is 1. The molecule has 0 radical (unpaired) electrons. The van der Waals surface area contributed by atoms with E-state index in [1.807, 2.05) is 6.20 Å². The molecule has 0 aliphatic carbocycles. The Morgan fingerprint density at radius 2 is 1.75 bits per heavy atom. The molecular formula is C17H31ClN2O3Si. The molecule has 1 aliphatic rings. The Labute approximate surface area is 154 Å². The lowest BCUT2D eigenvalue weighted by atomic mass is 9.94. The van der Waals surface area contributed by atoms with Crippen molar-refractivity contribution in [1.29, 1.82) is 0 Å². The number of rotatable bonds is 8. The minimum atomic E-state index is -1.67. The fourth-order valence-corrected chi connectivity index (χ4v) is 2.96. The molecule has 0 amide bonds. The Balaban J connectivity index is 0.000000570. The largest absolute Gasteiger partial charge is 0.483 e.